The Hall–Kier alpha value is -2.30. The number of nitrogens with zero attached hydrogens (tertiary/aromatic N) is 1. The van der Waals surface area contributed by atoms with E-state index in [2.05, 4.69) is 6.58 Å². The first kappa shape index (κ1) is 19.5. The summed E-state index contributed by atoms with van der Waals surface area (Å²) in [6.07, 6.45) is 4.37. The molecule has 27 heavy (non-hydrogen) atoms. The second-order valence-electron chi connectivity index (χ2n) is 6.95. The first-order chi connectivity index (χ1) is 13.0. The number of hydrogen-bond acceptors (Lipinski definition) is 3. The average molecular weight is 385 g/mol. The van der Waals surface area contributed by atoms with Gasteiger partial charge in [-0.25, -0.2) is 0 Å². The number of nitrogens with two attached hydrogens (primary N) is 1. The van der Waals surface area contributed by atoms with E-state index in [0.29, 0.717) is 5.02 Å². The standard InChI is InChI=1S/C22H25ClN2O2/c1-3-22(26)25(15(2)16-4-6-17(23)7-5-16)19-9-12-20(13-10-19)27-21-11-8-18(24)14-21/h3-7,9-10,12-13,15,18,21H,1,8,11,14,24H2,2H3/t15-,18+,21+/m0/s1. The number of amides is 1. The summed E-state index contributed by atoms with van der Waals surface area (Å²) in [5.41, 5.74) is 7.73. The summed E-state index contributed by atoms with van der Waals surface area (Å²) in [5, 5.41) is 0.667. The summed E-state index contributed by atoms with van der Waals surface area (Å²) in [7, 11) is 0. The van der Waals surface area contributed by atoms with Crippen molar-refractivity contribution in [1.29, 1.82) is 0 Å². The molecule has 0 aromatic heterocycles. The monoisotopic (exact) mass is 384 g/mol. The van der Waals surface area contributed by atoms with Gasteiger partial charge in [-0.05, 0) is 74.2 Å². The van der Waals surface area contributed by atoms with Crippen LogP contribution in [0.1, 0.15) is 37.8 Å². The molecule has 1 fully saturated rings. The lowest BCUT2D eigenvalue weighted by atomic mass is 10.1. The SMILES string of the molecule is C=CC(=O)N(c1ccc(O[C@@H]2CC[C@@H](N)C2)cc1)[C@@H](C)c1ccc(Cl)cc1. The van der Waals surface area contributed by atoms with Gasteiger partial charge >= 0.3 is 0 Å². The van der Waals surface area contributed by atoms with Gasteiger partial charge in [-0.3, -0.25) is 4.79 Å². The zero-order valence-electron chi connectivity index (χ0n) is 15.5. The fraction of sp³-hybridized carbons (Fsp3) is 0.318. The average Bonchev–Trinajstić information content (AvgIpc) is 3.08. The van der Waals surface area contributed by atoms with Crippen LogP contribution in [0.5, 0.6) is 5.75 Å². The van der Waals surface area contributed by atoms with Crippen molar-refractivity contribution in [2.75, 3.05) is 4.90 Å². The molecule has 2 aromatic carbocycles. The lowest BCUT2D eigenvalue weighted by molar-refractivity contribution is -0.114. The van der Waals surface area contributed by atoms with Crippen molar-refractivity contribution in [3.8, 4) is 5.75 Å². The van der Waals surface area contributed by atoms with Crippen LogP contribution in [0.3, 0.4) is 0 Å². The zero-order chi connectivity index (χ0) is 19.4. The van der Waals surface area contributed by atoms with Crippen molar-refractivity contribution in [2.24, 2.45) is 5.73 Å². The van der Waals surface area contributed by atoms with E-state index in [-0.39, 0.29) is 24.1 Å². The Bertz CT molecular complexity index is 789. The van der Waals surface area contributed by atoms with Crippen LogP contribution in [0.15, 0.2) is 61.2 Å². The lowest BCUT2D eigenvalue weighted by Crippen LogP contribution is -2.32. The lowest BCUT2D eigenvalue weighted by Gasteiger charge is -2.29. The molecule has 0 aliphatic heterocycles. The predicted molar refractivity (Wildman–Crippen MR) is 110 cm³/mol. The molecule has 142 valence electrons. The van der Waals surface area contributed by atoms with Crippen molar-refractivity contribution >= 4 is 23.2 Å². The molecule has 1 saturated carbocycles. The maximum Gasteiger partial charge on any atom is 0.250 e. The molecule has 0 bridgehead atoms. The molecule has 2 N–H and O–H groups in total. The van der Waals surface area contributed by atoms with Gasteiger partial charge in [0.1, 0.15) is 11.9 Å². The molecule has 5 heteroatoms. The molecule has 4 nitrogen and oxygen atoms in total. The molecule has 3 atom stereocenters. The maximum atomic E-state index is 12.5. The smallest absolute Gasteiger partial charge is 0.250 e. The Balaban J connectivity index is 1.79. The number of halogens is 1. The molecule has 3 rings (SSSR count). The molecule has 0 unspecified atom stereocenters. The minimum absolute atomic E-state index is 0.159. The van der Waals surface area contributed by atoms with E-state index in [1.807, 2.05) is 55.5 Å². The van der Waals surface area contributed by atoms with E-state index in [4.69, 9.17) is 22.1 Å². The summed E-state index contributed by atoms with van der Waals surface area (Å²) in [6.45, 7) is 5.62. The van der Waals surface area contributed by atoms with Crippen LogP contribution in [0.25, 0.3) is 0 Å². The minimum Gasteiger partial charge on any atom is -0.490 e. The third-order valence-electron chi connectivity index (χ3n) is 4.99. The molecule has 0 spiro atoms. The number of carbonyl (C=O) groups excluding carboxylic acids is 1. The topological polar surface area (TPSA) is 55.6 Å². The molecule has 0 heterocycles. The summed E-state index contributed by atoms with van der Waals surface area (Å²) in [5.74, 6) is 0.635. The van der Waals surface area contributed by atoms with E-state index >= 15 is 0 Å². The highest BCUT2D eigenvalue weighted by Gasteiger charge is 2.24. The van der Waals surface area contributed by atoms with E-state index in [1.165, 1.54) is 6.08 Å². The van der Waals surface area contributed by atoms with Gasteiger partial charge < -0.3 is 15.4 Å². The van der Waals surface area contributed by atoms with E-state index in [1.54, 1.807) is 4.90 Å². The third kappa shape index (κ3) is 4.71. The van der Waals surface area contributed by atoms with Gasteiger partial charge in [0.15, 0.2) is 0 Å². The van der Waals surface area contributed by atoms with Crippen LogP contribution < -0.4 is 15.4 Å². The third-order valence-corrected chi connectivity index (χ3v) is 5.25. The van der Waals surface area contributed by atoms with E-state index in [0.717, 1.165) is 36.3 Å². The van der Waals surface area contributed by atoms with Crippen LogP contribution in [-0.2, 0) is 4.79 Å². The van der Waals surface area contributed by atoms with Crippen LogP contribution >= 0.6 is 11.6 Å². The Morgan fingerprint density at radius 3 is 2.44 bits per heavy atom. The van der Waals surface area contributed by atoms with E-state index in [9.17, 15) is 4.79 Å². The van der Waals surface area contributed by atoms with Crippen LogP contribution in [0, 0.1) is 0 Å². The predicted octanol–water partition coefficient (Wildman–Crippen LogP) is 4.88. The van der Waals surface area contributed by atoms with Gasteiger partial charge in [0.25, 0.3) is 5.91 Å². The van der Waals surface area contributed by atoms with Crippen molar-refractivity contribution in [3.05, 3.63) is 71.8 Å². The number of carbonyl (C=O) groups is 1. The number of rotatable bonds is 6. The van der Waals surface area contributed by atoms with E-state index < -0.39 is 0 Å². The highest BCUT2D eigenvalue weighted by molar-refractivity contribution is 6.30. The number of hydrogen-bond donors (Lipinski definition) is 1. The Morgan fingerprint density at radius 2 is 1.89 bits per heavy atom. The fourth-order valence-electron chi connectivity index (χ4n) is 3.49. The fourth-order valence-corrected chi connectivity index (χ4v) is 3.61. The van der Waals surface area contributed by atoms with Gasteiger partial charge in [0.05, 0.1) is 6.04 Å². The van der Waals surface area contributed by atoms with Gasteiger partial charge in [0, 0.05) is 16.8 Å². The normalized spacial score (nSPS) is 20.1. The molecule has 1 aliphatic rings. The van der Waals surface area contributed by atoms with Crippen LogP contribution in [0.4, 0.5) is 5.69 Å². The largest absolute Gasteiger partial charge is 0.490 e. The first-order valence-electron chi connectivity index (χ1n) is 9.21. The van der Waals surface area contributed by atoms with Crippen molar-refractivity contribution in [3.63, 3.8) is 0 Å². The van der Waals surface area contributed by atoms with Gasteiger partial charge in [-0.1, -0.05) is 30.3 Å². The van der Waals surface area contributed by atoms with Crippen LogP contribution in [-0.4, -0.2) is 18.1 Å². The molecule has 0 saturated heterocycles. The van der Waals surface area contributed by atoms with Crippen molar-refractivity contribution in [1.82, 2.24) is 0 Å². The Labute approximate surface area is 165 Å². The van der Waals surface area contributed by atoms with Crippen LogP contribution in [0.2, 0.25) is 5.02 Å². The summed E-state index contributed by atoms with van der Waals surface area (Å²) < 4.78 is 6.01. The molecular formula is C22H25ClN2O2. The van der Waals surface area contributed by atoms with Crippen molar-refractivity contribution < 1.29 is 9.53 Å². The first-order valence-corrected chi connectivity index (χ1v) is 9.59. The summed E-state index contributed by atoms with van der Waals surface area (Å²) in [4.78, 5) is 14.2. The Kier molecular flexibility index (Phi) is 6.19. The van der Waals surface area contributed by atoms with Gasteiger partial charge in [-0.15, -0.1) is 0 Å². The summed E-state index contributed by atoms with van der Waals surface area (Å²) in [6, 6.07) is 15.2. The molecule has 1 aliphatic carbocycles. The molecule has 1 amide bonds. The second kappa shape index (κ2) is 8.59. The van der Waals surface area contributed by atoms with Crippen molar-refractivity contribution in [2.45, 2.75) is 44.4 Å². The number of anilines is 1. The second-order valence-corrected chi connectivity index (χ2v) is 7.38. The molecular weight excluding hydrogens is 360 g/mol. The molecule has 2 aromatic rings. The summed E-state index contributed by atoms with van der Waals surface area (Å²) >= 11 is 5.98. The number of ether oxygens (including phenoxy) is 1. The Morgan fingerprint density at radius 1 is 1.22 bits per heavy atom. The maximum absolute atomic E-state index is 12.5. The van der Waals surface area contributed by atoms with Gasteiger partial charge in [0.2, 0.25) is 0 Å². The minimum atomic E-state index is -0.160. The van der Waals surface area contributed by atoms with Gasteiger partial charge in [-0.2, -0.15) is 0 Å². The molecule has 0 radical (unpaired) electrons. The number of benzene rings is 2. The quantitative estimate of drug-likeness (QED) is 0.722. The highest BCUT2D eigenvalue weighted by atomic mass is 35.5. The highest BCUT2D eigenvalue weighted by Crippen LogP contribution is 2.31. The zero-order valence-corrected chi connectivity index (χ0v) is 16.2.